The zero-order valence-electron chi connectivity index (χ0n) is 13.8. The van der Waals surface area contributed by atoms with Gasteiger partial charge in [-0.05, 0) is 25.5 Å². The SMILES string of the molecule is CC(=O)N1CC[C@H](c2ncc(C(=O)Nc3ccccc3)c(C)n2)C1. The molecule has 0 radical (unpaired) electrons. The van der Waals surface area contributed by atoms with Crippen LogP contribution in [0.5, 0.6) is 0 Å². The van der Waals surface area contributed by atoms with Crippen molar-refractivity contribution in [3.63, 3.8) is 0 Å². The highest BCUT2D eigenvalue weighted by molar-refractivity contribution is 6.04. The maximum Gasteiger partial charge on any atom is 0.259 e. The van der Waals surface area contributed by atoms with Crippen LogP contribution in [0.4, 0.5) is 5.69 Å². The molecule has 2 aromatic rings. The molecule has 1 aliphatic heterocycles. The number of anilines is 1. The van der Waals surface area contributed by atoms with Crippen molar-refractivity contribution in [1.82, 2.24) is 14.9 Å². The molecule has 6 heteroatoms. The van der Waals surface area contributed by atoms with Gasteiger partial charge in [0.2, 0.25) is 5.91 Å². The number of aromatic nitrogens is 2. The van der Waals surface area contributed by atoms with Crippen LogP contribution in [-0.4, -0.2) is 39.8 Å². The predicted molar refractivity (Wildman–Crippen MR) is 90.8 cm³/mol. The quantitative estimate of drug-likeness (QED) is 0.940. The summed E-state index contributed by atoms with van der Waals surface area (Å²) in [4.78, 5) is 34.5. The van der Waals surface area contributed by atoms with E-state index < -0.39 is 0 Å². The van der Waals surface area contributed by atoms with Crippen molar-refractivity contribution in [2.45, 2.75) is 26.2 Å². The molecule has 0 saturated carbocycles. The standard InChI is InChI=1S/C18H20N4O2/c1-12-16(18(24)21-15-6-4-3-5-7-15)10-19-17(20-12)14-8-9-22(11-14)13(2)23/h3-7,10,14H,8-9,11H2,1-2H3,(H,21,24)/t14-/m0/s1. The van der Waals surface area contributed by atoms with Crippen LogP contribution in [-0.2, 0) is 4.79 Å². The van der Waals surface area contributed by atoms with Crippen LogP contribution in [0.2, 0.25) is 0 Å². The van der Waals surface area contributed by atoms with Crippen molar-refractivity contribution in [3.8, 4) is 0 Å². The number of nitrogens with one attached hydrogen (secondary N) is 1. The number of aryl methyl sites for hydroxylation is 1. The molecule has 6 nitrogen and oxygen atoms in total. The minimum Gasteiger partial charge on any atom is -0.342 e. The van der Waals surface area contributed by atoms with Crippen molar-refractivity contribution in [2.24, 2.45) is 0 Å². The lowest BCUT2D eigenvalue weighted by Crippen LogP contribution is -2.25. The molecular weight excluding hydrogens is 304 g/mol. The van der Waals surface area contributed by atoms with E-state index >= 15 is 0 Å². The van der Waals surface area contributed by atoms with Crippen molar-refractivity contribution in [2.75, 3.05) is 18.4 Å². The number of hydrogen-bond acceptors (Lipinski definition) is 4. The monoisotopic (exact) mass is 324 g/mol. The molecule has 24 heavy (non-hydrogen) atoms. The number of carbonyl (C=O) groups is 2. The van der Waals surface area contributed by atoms with Gasteiger partial charge in [-0.25, -0.2) is 9.97 Å². The van der Waals surface area contributed by atoms with E-state index in [1.807, 2.05) is 37.3 Å². The van der Waals surface area contributed by atoms with Gasteiger partial charge in [-0.1, -0.05) is 18.2 Å². The summed E-state index contributed by atoms with van der Waals surface area (Å²) in [5.74, 6) is 0.696. The Balaban J connectivity index is 1.73. The fourth-order valence-electron chi connectivity index (χ4n) is 2.88. The summed E-state index contributed by atoms with van der Waals surface area (Å²) in [6.07, 6.45) is 2.43. The van der Waals surface area contributed by atoms with Crippen LogP contribution in [0, 0.1) is 6.92 Å². The summed E-state index contributed by atoms with van der Waals surface area (Å²) in [6, 6.07) is 9.28. The normalized spacial score (nSPS) is 16.9. The summed E-state index contributed by atoms with van der Waals surface area (Å²) in [6.45, 7) is 4.76. The predicted octanol–water partition coefficient (Wildman–Crippen LogP) is 2.37. The van der Waals surface area contributed by atoms with Gasteiger partial charge < -0.3 is 10.2 Å². The molecule has 0 aliphatic carbocycles. The molecule has 1 saturated heterocycles. The van der Waals surface area contributed by atoms with Gasteiger partial charge in [-0.15, -0.1) is 0 Å². The highest BCUT2D eigenvalue weighted by Gasteiger charge is 2.28. The molecule has 1 fully saturated rings. The Morgan fingerprint density at radius 3 is 2.62 bits per heavy atom. The average Bonchev–Trinajstić information content (AvgIpc) is 3.06. The second kappa shape index (κ2) is 6.78. The number of benzene rings is 1. The third-order valence-corrected chi connectivity index (χ3v) is 4.27. The Hall–Kier alpha value is -2.76. The lowest BCUT2D eigenvalue weighted by atomic mass is 10.1. The van der Waals surface area contributed by atoms with Gasteiger partial charge in [-0.2, -0.15) is 0 Å². The van der Waals surface area contributed by atoms with Gasteiger partial charge in [0.1, 0.15) is 5.82 Å². The van der Waals surface area contributed by atoms with E-state index in [9.17, 15) is 9.59 Å². The molecule has 2 amide bonds. The molecule has 2 heterocycles. The van der Waals surface area contributed by atoms with E-state index in [0.717, 1.165) is 18.7 Å². The second-order valence-corrected chi connectivity index (χ2v) is 6.00. The molecule has 1 aliphatic rings. The van der Waals surface area contributed by atoms with Gasteiger partial charge in [0.15, 0.2) is 0 Å². The molecule has 0 unspecified atom stereocenters. The molecule has 124 valence electrons. The van der Waals surface area contributed by atoms with Crippen LogP contribution in [0.15, 0.2) is 36.5 Å². The number of nitrogens with zero attached hydrogens (tertiary/aromatic N) is 3. The largest absolute Gasteiger partial charge is 0.342 e. The molecule has 1 N–H and O–H groups in total. The molecular formula is C18H20N4O2. The number of para-hydroxylation sites is 1. The summed E-state index contributed by atoms with van der Waals surface area (Å²) in [5, 5.41) is 2.84. The summed E-state index contributed by atoms with van der Waals surface area (Å²) < 4.78 is 0. The first-order valence-electron chi connectivity index (χ1n) is 8.00. The second-order valence-electron chi connectivity index (χ2n) is 6.00. The number of hydrogen-bond donors (Lipinski definition) is 1. The van der Waals surface area contributed by atoms with Crippen LogP contribution in [0.3, 0.4) is 0 Å². The third kappa shape index (κ3) is 3.42. The lowest BCUT2D eigenvalue weighted by molar-refractivity contribution is -0.127. The highest BCUT2D eigenvalue weighted by Crippen LogP contribution is 2.25. The maximum absolute atomic E-state index is 12.4. The van der Waals surface area contributed by atoms with Crippen molar-refractivity contribution < 1.29 is 9.59 Å². The number of amides is 2. The first-order chi connectivity index (χ1) is 11.5. The van der Waals surface area contributed by atoms with Crippen LogP contribution >= 0.6 is 0 Å². The molecule has 3 rings (SSSR count). The molecule has 0 bridgehead atoms. The Labute approximate surface area is 140 Å². The Morgan fingerprint density at radius 1 is 1.25 bits per heavy atom. The number of carbonyl (C=O) groups excluding carboxylic acids is 2. The van der Waals surface area contributed by atoms with Gasteiger partial charge in [0.05, 0.1) is 11.3 Å². The van der Waals surface area contributed by atoms with Gasteiger partial charge in [-0.3, -0.25) is 9.59 Å². The summed E-state index contributed by atoms with van der Waals surface area (Å²) in [5.41, 5.74) is 1.84. The van der Waals surface area contributed by atoms with Crippen molar-refractivity contribution in [1.29, 1.82) is 0 Å². The first-order valence-corrected chi connectivity index (χ1v) is 8.00. The van der Waals surface area contributed by atoms with E-state index in [1.54, 1.807) is 18.0 Å². The van der Waals surface area contributed by atoms with E-state index in [-0.39, 0.29) is 17.7 Å². The summed E-state index contributed by atoms with van der Waals surface area (Å²) in [7, 11) is 0. The highest BCUT2D eigenvalue weighted by atomic mass is 16.2. The fraction of sp³-hybridized carbons (Fsp3) is 0.333. The fourth-order valence-corrected chi connectivity index (χ4v) is 2.88. The van der Waals surface area contributed by atoms with Gasteiger partial charge >= 0.3 is 0 Å². The minimum atomic E-state index is -0.220. The van der Waals surface area contributed by atoms with Crippen LogP contribution in [0.1, 0.15) is 41.1 Å². The maximum atomic E-state index is 12.4. The van der Waals surface area contributed by atoms with E-state index in [1.165, 1.54) is 0 Å². The number of rotatable bonds is 3. The zero-order chi connectivity index (χ0) is 17.1. The summed E-state index contributed by atoms with van der Waals surface area (Å²) >= 11 is 0. The molecule has 1 atom stereocenters. The van der Waals surface area contributed by atoms with Crippen molar-refractivity contribution >= 4 is 17.5 Å². The van der Waals surface area contributed by atoms with Gasteiger partial charge in [0.25, 0.3) is 5.91 Å². The Bertz CT molecular complexity index is 761. The lowest BCUT2D eigenvalue weighted by Gasteiger charge is -2.14. The first kappa shape index (κ1) is 16.1. The minimum absolute atomic E-state index is 0.0769. The Kier molecular flexibility index (Phi) is 4.55. The third-order valence-electron chi connectivity index (χ3n) is 4.27. The topological polar surface area (TPSA) is 75.2 Å². The van der Waals surface area contributed by atoms with E-state index in [0.29, 0.717) is 23.6 Å². The zero-order valence-corrected chi connectivity index (χ0v) is 13.8. The molecule has 1 aromatic carbocycles. The van der Waals surface area contributed by atoms with Crippen molar-refractivity contribution in [3.05, 3.63) is 53.6 Å². The molecule has 0 spiro atoms. The van der Waals surface area contributed by atoms with Crippen LogP contribution < -0.4 is 5.32 Å². The van der Waals surface area contributed by atoms with Gasteiger partial charge in [0, 0.05) is 37.8 Å². The van der Waals surface area contributed by atoms with E-state index in [4.69, 9.17) is 0 Å². The Morgan fingerprint density at radius 2 is 2.00 bits per heavy atom. The smallest absolute Gasteiger partial charge is 0.259 e. The number of likely N-dealkylation sites (tertiary alicyclic amines) is 1. The molecule has 1 aromatic heterocycles. The van der Waals surface area contributed by atoms with E-state index in [2.05, 4.69) is 15.3 Å². The van der Waals surface area contributed by atoms with Crippen LogP contribution in [0.25, 0.3) is 0 Å². The average molecular weight is 324 g/mol.